The van der Waals surface area contributed by atoms with Crippen LogP contribution in [0.15, 0.2) is 0 Å². The minimum absolute atomic E-state index is 0.217. The van der Waals surface area contributed by atoms with E-state index in [4.69, 9.17) is 14.2 Å². The number of rotatable bonds is 6. The van der Waals surface area contributed by atoms with E-state index in [1.807, 2.05) is 0 Å². The zero-order valence-corrected chi connectivity index (χ0v) is 9.32. The van der Waals surface area contributed by atoms with E-state index in [1.165, 1.54) is 7.11 Å². The van der Waals surface area contributed by atoms with Gasteiger partial charge in [0.1, 0.15) is 6.04 Å². The van der Waals surface area contributed by atoms with Gasteiger partial charge in [0, 0.05) is 26.2 Å². The summed E-state index contributed by atoms with van der Waals surface area (Å²) >= 11 is 0. The Balaban J connectivity index is 2.40. The van der Waals surface area contributed by atoms with Gasteiger partial charge in [0.15, 0.2) is 0 Å². The van der Waals surface area contributed by atoms with Gasteiger partial charge in [0.25, 0.3) is 0 Å². The number of nitrogens with one attached hydrogen (secondary N) is 1. The summed E-state index contributed by atoms with van der Waals surface area (Å²) < 4.78 is 14.9. The van der Waals surface area contributed by atoms with Crippen molar-refractivity contribution in [2.24, 2.45) is 5.92 Å². The smallest absolute Gasteiger partial charge is 0.323 e. The van der Waals surface area contributed by atoms with Crippen LogP contribution in [0.4, 0.5) is 0 Å². The molecule has 0 aromatic rings. The zero-order valence-electron chi connectivity index (χ0n) is 9.32. The number of methoxy groups -OCH3 is 2. The summed E-state index contributed by atoms with van der Waals surface area (Å²) in [6.07, 6.45) is 0.903. The number of carbonyl (C=O) groups is 1. The maximum absolute atomic E-state index is 11.5. The number of hydrogen-bond donors (Lipinski definition) is 1. The van der Waals surface area contributed by atoms with Crippen molar-refractivity contribution in [2.45, 2.75) is 12.5 Å². The third-order valence-corrected chi connectivity index (χ3v) is 2.56. The van der Waals surface area contributed by atoms with Gasteiger partial charge in [-0.15, -0.1) is 0 Å². The van der Waals surface area contributed by atoms with E-state index in [0.717, 1.165) is 13.0 Å². The van der Waals surface area contributed by atoms with Gasteiger partial charge in [0.2, 0.25) is 0 Å². The number of esters is 1. The number of carbonyl (C=O) groups excluding carboxylic acids is 1. The van der Waals surface area contributed by atoms with Crippen molar-refractivity contribution in [1.29, 1.82) is 0 Å². The van der Waals surface area contributed by atoms with Crippen LogP contribution in [-0.2, 0) is 19.0 Å². The Bertz CT molecular complexity index is 192. The van der Waals surface area contributed by atoms with Crippen LogP contribution >= 0.6 is 0 Å². The molecule has 1 fully saturated rings. The van der Waals surface area contributed by atoms with Gasteiger partial charge in [0.05, 0.1) is 20.3 Å². The van der Waals surface area contributed by atoms with Crippen LogP contribution in [0.5, 0.6) is 0 Å². The van der Waals surface area contributed by atoms with Crippen LogP contribution < -0.4 is 5.32 Å². The van der Waals surface area contributed by atoms with Crippen molar-refractivity contribution in [2.75, 3.05) is 40.6 Å². The molecule has 0 aromatic heterocycles. The summed E-state index contributed by atoms with van der Waals surface area (Å²) in [6, 6.07) is -0.271. The minimum atomic E-state index is -0.271. The molecule has 1 heterocycles. The second kappa shape index (κ2) is 6.76. The molecule has 1 aliphatic rings. The first kappa shape index (κ1) is 12.4. The van der Waals surface area contributed by atoms with Crippen molar-refractivity contribution in [3.63, 3.8) is 0 Å². The molecule has 0 aliphatic carbocycles. The predicted octanol–water partition coefficient (Wildman–Crippen LogP) is -0.199. The van der Waals surface area contributed by atoms with Crippen LogP contribution in [0.3, 0.4) is 0 Å². The SMILES string of the molecule is COCCNC(C(=O)OC)C1CCOC1. The second-order valence-corrected chi connectivity index (χ2v) is 3.57. The van der Waals surface area contributed by atoms with Gasteiger partial charge in [-0.1, -0.05) is 0 Å². The molecule has 0 bridgehead atoms. The van der Waals surface area contributed by atoms with Gasteiger partial charge in [-0.05, 0) is 6.42 Å². The summed E-state index contributed by atoms with van der Waals surface area (Å²) in [7, 11) is 3.04. The molecule has 15 heavy (non-hydrogen) atoms. The molecule has 1 rings (SSSR count). The van der Waals surface area contributed by atoms with Crippen LogP contribution in [0, 0.1) is 5.92 Å². The first-order valence-corrected chi connectivity index (χ1v) is 5.17. The summed E-state index contributed by atoms with van der Waals surface area (Å²) in [5.41, 5.74) is 0. The monoisotopic (exact) mass is 217 g/mol. The summed E-state index contributed by atoms with van der Waals surface area (Å²) in [4.78, 5) is 11.5. The Labute approximate surface area is 90.1 Å². The summed E-state index contributed by atoms with van der Waals surface area (Å²) in [5, 5.41) is 3.13. The van der Waals surface area contributed by atoms with Crippen molar-refractivity contribution >= 4 is 5.97 Å². The Hall–Kier alpha value is -0.650. The van der Waals surface area contributed by atoms with Gasteiger partial charge >= 0.3 is 5.97 Å². The van der Waals surface area contributed by atoms with E-state index >= 15 is 0 Å². The molecule has 1 N–H and O–H groups in total. The predicted molar refractivity (Wildman–Crippen MR) is 54.6 cm³/mol. The molecule has 5 heteroatoms. The molecule has 2 atom stereocenters. The fraction of sp³-hybridized carbons (Fsp3) is 0.900. The second-order valence-electron chi connectivity index (χ2n) is 3.57. The lowest BCUT2D eigenvalue weighted by atomic mass is 9.99. The fourth-order valence-corrected chi connectivity index (χ4v) is 1.70. The molecular weight excluding hydrogens is 198 g/mol. The number of hydrogen-bond acceptors (Lipinski definition) is 5. The Morgan fingerprint density at radius 1 is 1.60 bits per heavy atom. The third kappa shape index (κ3) is 3.77. The largest absolute Gasteiger partial charge is 0.468 e. The highest BCUT2D eigenvalue weighted by atomic mass is 16.5. The van der Waals surface area contributed by atoms with Crippen molar-refractivity contribution in [3.8, 4) is 0 Å². The molecule has 0 spiro atoms. The average molecular weight is 217 g/mol. The van der Waals surface area contributed by atoms with Gasteiger partial charge in [-0.2, -0.15) is 0 Å². The van der Waals surface area contributed by atoms with Gasteiger partial charge in [-0.3, -0.25) is 4.79 Å². The number of ether oxygens (including phenoxy) is 3. The quantitative estimate of drug-likeness (QED) is 0.493. The van der Waals surface area contributed by atoms with Crippen molar-refractivity contribution < 1.29 is 19.0 Å². The third-order valence-electron chi connectivity index (χ3n) is 2.56. The maximum Gasteiger partial charge on any atom is 0.323 e. The Kier molecular flexibility index (Phi) is 5.60. The normalized spacial score (nSPS) is 22.7. The minimum Gasteiger partial charge on any atom is -0.468 e. The highest BCUT2D eigenvalue weighted by Gasteiger charge is 2.31. The molecule has 0 saturated carbocycles. The summed E-state index contributed by atoms with van der Waals surface area (Å²) in [5.74, 6) is -0.00379. The molecule has 2 unspecified atom stereocenters. The molecule has 88 valence electrons. The molecule has 0 radical (unpaired) electrons. The van der Waals surface area contributed by atoms with E-state index < -0.39 is 0 Å². The molecule has 5 nitrogen and oxygen atoms in total. The average Bonchev–Trinajstić information content (AvgIpc) is 2.77. The van der Waals surface area contributed by atoms with E-state index in [2.05, 4.69) is 5.32 Å². The molecule has 0 aromatic carbocycles. The van der Waals surface area contributed by atoms with Crippen LogP contribution in [0.2, 0.25) is 0 Å². The van der Waals surface area contributed by atoms with E-state index in [0.29, 0.717) is 19.8 Å². The highest BCUT2D eigenvalue weighted by Crippen LogP contribution is 2.17. The standard InChI is InChI=1S/C10H19NO4/c1-13-6-4-11-9(10(12)14-2)8-3-5-15-7-8/h8-9,11H,3-7H2,1-2H3. The lowest BCUT2D eigenvalue weighted by molar-refractivity contribution is -0.144. The topological polar surface area (TPSA) is 56.8 Å². The zero-order chi connectivity index (χ0) is 11.1. The van der Waals surface area contributed by atoms with Crippen LogP contribution in [0.25, 0.3) is 0 Å². The fourth-order valence-electron chi connectivity index (χ4n) is 1.70. The van der Waals surface area contributed by atoms with Crippen LogP contribution in [-0.4, -0.2) is 52.6 Å². The Morgan fingerprint density at radius 3 is 2.93 bits per heavy atom. The van der Waals surface area contributed by atoms with Crippen molar-refractivity contribution in [3.05, 3.63) is 0 Å². The highest BCUT2D eigenvalue weighted by molar-refractivity contribution is 5.76. The van der Waals surface area contributed by atoms with E-state index in [9.17, 15) is 4.79 Å². The molecular formula is C10H19NO4. The van der Waals surface area contributed by atoms with E-state index in [1.54, 1.807) is 7.11 Å². The first-order chi connectivity index (χ1) is 7.29. The van der Waals surface area contributed by atoms with Gasteiger partial charge in [-0.25, -0.2) is 0 Å². The first-order valence-electron chi connectivity index (χ1n) is 5.17. The lowest BCUT2D eigenvalue weighted by Crippen LogP contribution is -2.45. The van der Waals surface area contributed by atoms with Gasteiger partial charge < -0.3 is 19.5 Å². The van der Waals surface area contributed by atoms with E-state index in [-0.39, 0.29) is 17.9 Å². The maximum atomic E-state index is 11.5. The summed E-state index contributed by atoms with van der Waals surface area (Å²) in [6.45, 7) is 2.58. The molecule has 1 aliphatic heterocycles. The Morgan fingerprint density at radius 2 is 2.40 bits per heavy atom. The van der Waals surface area contributed by atoms with Crippen molar-refractivity contribution in [1.82, 2.24) is 5.32 Å². The lowest BCUT2D eigenvalue weighted by Gasteiger charge is -2.20. The molecule has 0 amide bonds. The molecule has 1 saturated heterocycles. The van der Waals surface area contributed by atoms with Crippen LogP contribution in [0.1, 0.15) is 6.42 Å².